The number of nitrogens with zero attached hydrogens (tertiary/aromatic N) is 4. The Morgan fingerprint density at radius 3 is 2.39 bits per heavy atom. The lowest BCUT2D eigenvalue weighted by Gasteiger charge is -2.60. The number of phosphoric ester groups is 1. The zero-order chi connectivity index (χ0) is 41.1. The highest BCUT2D eigenvalue weighted by molar-refractivity contribution is 7.46. The molecule has 18 nitrogen and oxygen atoms in total. The van der Waals surface area contributed by atoms with E-state index in [4.69, 9.17) is 15.0 Å². The molecule has 56 heavy (non-hydrogen) atoms. The van der Waals surface area contributed by atoms with Gasteiger partial charge in [0, 0.05) is 11.3 Å². The van der Waals surface area contributed by atoms with Gasteiger partial charge < -0.3 is 56.0 Å². The number of fused-ring (bicyclic) bond motifs is 6. The standard InChI is InChI=1S/C37H56N5O13P/c1-17(18-7-9-37(50)20-12-22(43)21-13-23(44)24(45)14-34(21,4)19(20)6-8-35(18,37)5)36(49,11-10-33(2,3)48)29(55-56(51,52)53)28-26(46)27(47)32(54-28)42-16-41-25-30(38)39-15-40-31(25)42/h12,15-19,21,23-24,26-29,32,44-50H,6-11,13-14H2,1-5H3,(H2,38,39,40)(H2,51,52,53)/t17-,18+,19-,21-,23+,24-,26-,27+,28-,29?,32+,34+,35+,36?,37+/m0/s1. The number of allylic oxidation sites excluding steroid dienone is 1. The Hall–Kier alpha value is -2.45. The van der Waals surface area contributed by atoms with Crippen LogP contribution in [0.15, 0.2) is 24.3 Å². The zero-order valence-corrected chi connectivity index (χ0v) is 33.1. The third-order valence-corrected chi connectivity index (χ3v) is 15.2. The highest BCUT2D eigenvalue weighted by atomic mass is 31.2. The summed E-state index contributed by atoms with van der Waals surface area (Å²) in [7, 11) is -5.48. The number of rotatable bonds is 10. The smallest absolute Gasteiger partial charge is 0.390 e. The molecule has 3 saturated carbocycles. The molecule has 0 bridgehead atoms. The van der Waals surface area contributed by atoms with Crippen molar-refractivity contribution in [3.8, 4) is 0 Å². The van der Waals surface area contributed by atoms with Crippen LogP contribution in [0, 0.1) is 34.5 Å². The number of aliphatic hydroxyl groups is 7. The first-order valence-electron chi connectivity index (χ1n) is 19.3. The molecule has 312 valence electrons. The second-order valence-electron chi connectivity index (χ2n) is 18.3. The van der Waals surface area contributed by atoms with Gasteiger partial charge in [-0.1, -0.05) is 20.8 Å². The molecule has 4 aliphatic carbocycles. The molecule has 11 N–H and O–H groups in total. The minimum absolute atomic E-state index is 0.0346. The van der Waals surface area contributed by atoms with Crippen molar-refractivity contribution in [1.82, 2.24) is 19.5 Å². The van der Waals surface area contributed by atoms with Crippen LogP contribution in [0.5, 0.6) is 0 Å². The highest BCUT2D eigenvalue weighted by Crippen LogP contribution is 2.69. The van der Waals surface area contributed by atoms with E-state index in [0.29, 0.717) is 24.8 Å². The van der Waals surface area contributed by atoms with Crippen molar-refractivity contribution in [3.05, 3.63) is 24.3 Å². The molecule has 2 aromatic heterocycles. The number of nitrogens with two attached hydrogens (primary N) is 1. The van der Waals surface area contributed by atoms with Crippen molar-refractivity contribution in [3.63, 3.8) is 0 Å². The zero-order valence-electron chi connectivity index (χ0n) is 32.2. The Balaban J connectivity index is 1.27. The Morgan fingerprint density at radius 1 is 1.04 bits per heavy atom. The van der Waals surface area contributed by atoms with Crippen molar-refractivity contribution in [2.75, 3.05) is 5.73 Å². The quantitative estimate of drug-likeness (QED) is 0.147. The Labute approximate surface area is 324 Å². The van der Waals surface area contributed by atoms with E-state index in [1.54, 1.807) is 6.92 Å². The fourth-order valence-electron chi connectivity index (χ4n) is 11.5. The van der Waals surface area contributed by atoms with Crippen LogP contribution in [0.3, 0.4) is 0 Å². The van der Waals surface area contributed by atoms with Crippen molar-refractivity contribution >= 4 is 30.6 Å². The third kappa shape index (κ3) is 6.48. The Morgan fingerprint density at radius 2 is 1.73 bits per heavy atom. The van der Waals surface area contributed by atoms with E-state index in [1.807, 2.05) is 13.8 Å². The third-order valence-electron chi connectivity index (χ3n) is 14.7. The number of carbonyl (C=O) groups excluding carboxylic acids is 1. The topological polar surface area (TPSA) is 304 Å². The van der Waals surface area contributed by atoms with Crippen LogP contribution < -0.4 is 5.73 Å². The van der Waals surface area contributed by atoms with Gasteiger partial charge in [-0.25, -0.2) is 19.5 Å². The van der Waals surface area contributed by atoms with Gasteiger partial charge in [0.1, 0.15) is 36.3 Å². The van der Waals surface area contributed by atoms with Crippen molar-refractivity contribution in [1.29, 1.82) is 0 Å². The molecule has 7 rings (SSSR count). The summed E-state index contributed by atoms with van der Waals surface area (Å²) in [4.78, 5) is 46.7. The van der Waals surface area contributed by atoms with Crippen molar-refractivity contribution in [2.24, 2.45) is 34.5 Å². The van der Waals surface area contributed by atoms with E-state index < -0.39 is 96.1 Å². The van der Waals surface area contributed by atoms with E-state index in [0.717, 1.165) is 0 Å². The Bertz CT molecular complexity index is 1940. The van der Waals surface area contributed by atoms with Gasteiger partial charge >= 0.3 is 7.82 Å². The summed E-state index contributed by atoms with van der Waals surface area (Å²) >= 11 is 0. The lowest BCUT2D eigenvalue weighted by atomic mass is 9.45. The molecule has 0 amide bonds. The molecule has 0 radical (unpaired) electrons. The number of imidazole rings is 1. The largest absolute Gasteiger partial charge is 0.470 e. The maximum atomic E-state index is 13.7. The maximum Gasteiger partial charge on any atom is 0.470 e. The van der Waals surface area contributed by atoms with Crippen LogP contribution in [0.4, 0.5) is 5.82 Å². The van der Waals surface area contributed by atoms with Crippen LogP contribution in [0.25, 0.3) is 11.2 Å². The van der Waals surface area contributed by atoms with Crippen LogP contribution in [0.1, 0.15) is 92.2 Å². The van der Waals surface area contributed by atoms with E-state index in [9.17, 15) is 54.9 Å². The average molecular weight is 810 g/mol. The number of aromatic nitrogens is 4. The van der Waals surface area contributed by atoms with Crippen LogP contribution in [-0.4, -0.2) is 124 Å². The van der Waals surface area contributed by atoms with E-state index in [-0.39, 0.29) is 60.8 Å². The number of anilines is 1. The van der Waals surface area contributed by atoms with Crippen molar-refractivity contribution in [2.45, 2.75) is 146 Å². The summed E-state index contributed by atoms with van der Waals surface area (Å²) < 4.78 is 25.7. The predicted molar refractivity (Wildman–Crippen MR) is 197 cm³/mol. The summed E-state index contributed by atoms with van der Waals surface area (Å²) in [6.07, 6.45) is -5.64. The molecule has 3 heterocycles. The summed E-state index contributed by atoms with van der Waals surface area (Å²) in [6.45, 7) is 8.50. The second kappa shape index (κ2) is 13.8. The van der Waals surface area contributed by atoms with Gasteiger partial charge in [-0.15, -0.1) is 0 Å². The van der Waals surface area contributed by atoms with Crippen LogP contribution >= 0.6 is 7.82 Å². The van der Waals surface area contributed by atoms with Gasteiger partial charge in [0.05, 0.1) is 35.3 Å². The molecule has 0 aromatic carbocycles. The fraction of sp³-hybridized carbons (Fsp3) is 0.784. The summed E-state index contributed by atoms with van der Waals surface area (Å²) in [5, 5.41) is 81.1. The van der Waals surface area contributed by atoms with Gasteiger partial charge in [0.2, 0.25) is 0 Å². The summed E-state index contributed by atoms with van der Waals surface area (Å²) in [5.41, 5.74) is -0.144. The van der Waals surface area contributed by atoms with Gasteiger partial charge in [0.25, 0.3) is 0 Å². The molecular formula is C37H56N5O13P. The molecule has 5 aliphatic rings. The van der Waals surface area contributed by atoms with Gasteiger partial charge in [-0.05, 0) is 100 Å². The molecule has 4 fully saturated rings. The number of ketones is 1. The Kier molecular flexibility index (Phi) is 10.3. The molecule has 0 spiro atoms. The molecule has 15 atom stereocenters. The molecule has 2 aromatic rings. The lowest BCUT2D eigenvalue weighted by molar-refractivity contribution is -0.200. The maximum absolute atomic E-state index is 13.7. The van der Waals surface area contributed by atoms with Crippen LogP contribution in [-0.2, 0) is 18.6 Å². The average Bonchev–Trinajstić information content (AvgIpc) is 3.74. The molecule has 1 aliphatic heterocycles. The van der Waals surface area contributed by atoms with Crippen LogP contribution in [0.2, 0.25) is 0 Å². The van der Waals surface area contributed by atoms with E-state index in [1.165, 1.54) is 37.1 Å². The first-order valence-corrected chi connectivity index (χ1v) is 20.9. The number of aliphatic hydroxyl groups excluding tert-OH is 4. The SMILES string of the molecule is C[C@@H]([C@H]1CC[C@@]2(O)C3=CC(=O)[C@@H]4C[C@@H](O)[C@@H](O)C[C@]4(C)[C@H]3CC[C@]12C)C(O)(CCC(C)(C)O)C(OP(=O)(O)O)[C@H]1O[C@@H](n2cnc3c(N)ncnc32)[C@H](O)[C@@H]1O. The highest BCUT2D eigenvalue weighted by Gasteiger charge is 2.69. The minimum atomic E-state index is -5.48. The van der Waals surface area contributed by atoms with Gasteiger partial charge in [-0.3, -0.25) is 13.9 Å². The first kappa shape index (κ1) is 41.7. The molecule has 2 unspecified atom stereocenters. The second-order valence-corrected chi connectivity index (χ2v) is 19.5. The molecule has 19 heteroatoms. The molecular weight excluding hydrogens is 753 g/mol. The summed E-state index contributed by atoms with van der Waals surface area (Å²) in [5.74, 6) is -2.55. The monoisotopic (exact) mass is 809 g/mol. The minimum Gasteiger partial charge on any atom is -0.390 e. The number of ether oxygens (including phenoxy) is 1. The number of carbonyl (C=O) groups is 1. The number of hydrogen-bond acceptors (Lipinski definition) is 15. The predicted octanol–water partition coefficient (Wildman–Crippen LogP) is 0.629. The number of phosphoric acid groups is 1. The normalized spacial score (nSPS) is 41.1. The molecule has 1 saturated heterocycles. The lowest BCUT2D eigenvalue weighted by Crippen LogP contribution is -2.63. The van der Waals surface area contributed by atoms with Crippen molar-refractivity contribution < 1.29 is 64.2 Å². The first-order chi connectivity index (χ1) is 25.9. The summed E-state index contributed by atoms with van der Waals surface area (Å²) in [6, 6.07) is 0. The van der Waals surface area contributed by atoms with E-state index >= 15 is 0 Å². The fourth-order valence-corrected chi connectivity index (χ4v) is 12.1. The number of hydrogen-bond donors (Lipinski definition) is 10. The van der Waals surface area contributed by atoms with Gasteiger partial charge in [-0.2, -0.15) is 0 Å². The van der Waals surface area contributed by atoms with Gasteiger partial charge in [0.15, 0.2) is 23.5 Å². The number of nitrogen functional groups attached to an aromatic ring is 1. The van der Waals surface area contributed by atoms with E-state index in [2.05, 4.69) is 15.0 Å².